The first kappa shape index (κ1) is 26.1. The average molecular weight is 558 g/mol. The lowest BCUT2D eigenvalue weighted by Gasteiger charge is -2.28. The molecular weight excluding hydrogens is 535 g/mol. The molecule has 38 heavy (non-hydrogen) atoms. The van der Waals surface area contributed by atoms with E-state index in [0.717, 1.165) is 34.6 Å². The van der Waals surface area contributed by atoms with Crippen LogP contribution in [0.1, 0.15) is 22.4 Å². The van der Waals surface area contributed by atoms with Crippen LogP contribution >= 0.6 is 23.2 Å². The summed E-state index contributed by atoms with van der Waals surface area (Å²) in [5, 5.41) is 16.8. The summed E-state index contributed by atoms with van der Waals surface area (Å²) in [7, 11) is 0. The highest BCUT2D eigenvalue weighted by Crippen LogP contribution is 2.39. The van der Waals surface area contributed by atoms with Crippen molar-refractivity contribution < 1.29 is 18.7 Å². The zero-order valence-electron chi connectivity index (χ0n) is 20.5. The van der Waals surface area contributed by atoms with Crippen molar-refractivity contribution in [2.75, 3.05) is 23.4 Å². The maximum atomic E-state index is 15.7. The number of hydrogen-bond donors (Lipinski definition) is 2. The first-order valence-corrected chi connectivity index (χ1v) is 12.6. The Labute approximate surface area is 227 Å². The van der Waals surface area contributed by atoms with Crippen LogP contribution in [0.25, 0.3) is 16.9 Å². The fourth-order valence-corrected chi connectivity index (χ4v) is 5.29. The van der Waals surface area contributed by atoms with Gasteiger partial charge in [0, 0.05) is 42.9 Å². The maximum absolute atomic E-state index is 15.7. The summed E-state index contributed by atoms with van der Waals surface area (Å²) in [5.41, 5.74) is 4.07. The van der Waals surface area contributed by atoms with Gasteiger partial charge in [0.05, 0.1) is 32.8 Å². The molecule has 1 aliphatic rings. The predicted octanol–water partition coefficient (Wildman–Crippen LogP) is 5.63. The first-order valence-electron chi connectivity index (χ1n) is 11.8. The fraction of sp³-hybridized carbons (Fsp3) is 0.222. The third kappa shape index (κ3) is 4.73. The number of nitrogens with one attached hydrogen (secondary N) is 1. The van der Waals surface area contributed by atoms with E-state index < -0.39 is 24.1 Å². The number of hydrogen-bond acceptors (Lipinski definition) is 5. The van der Waals surface area contributed by atoms with Crippen molar-refractivity contribution in [2.45, 2.75) is 26.8 Å². The van der Waals surface area contributed by atoms with Gasteiger partial charge >= 0.3 is 0 Å². The molecule has 0 saturated heterocycles. The topological polar surface area (TPSA) is 83.3 Å². The number of aryl methyl sites for hydroxylation is 2. The summed E-state index contributed by atoms with van der Waals surface area (Å²) in [5.74, 6) is -1.92. The van der Waals surface area contributed by atoms with Gasteiger partial charge < -0.3 is 15.3 Å². The van der Waals surface area contributed by atoms with Gasteiger partial charge in [0.1, 0.15) is 24.1 Å². The Morgan fingerprint density at radius 2 is 1.87 bits per heavy atom. The van der Waals surface area contributed by atoms with E-state index in [9.17, 15) is 4.79 Å². The number of halogens is 4. The van der Waals surface area contributed by atoms with E-state index in [-0.39, 0.29) is 11.3 Å². The van der Waals surface area contributed by atoms with E-state index in [1.807, 2.05) is 36.9 Å². The quantitative estimate of drug-likeness (QED) is 0.332. The van der Waals surface area contributed by atoms with Crippen LogP contribution in [0.15, 0.2) is 42.6 Å². The molecule has 4 aromatic rings. The van der Waals surface area contributed by atoms with Gasteiger partial charge in [-0.05, 0) is 37.1 Å². The molecule has 1 amide bonds. The zero-order chi connectivity index (χ0) is 27.1. The average Bonchev–Trinajstić information content (AvgIpc) is 3.23. The molecule has 0 fully saturated rings. The van der Waals surface area contributed by atoms with Crippen LogP contribution in [0.5, 0.6) is 0 Å². The van der Waals surface area contributed by atoms with Crippen LogP contribution in [-0.4, -0.2) is 38.9 Å². The first-order chi connectivity index (χ1) is 18.2. The second-order valence-electron chi connectivity index (χ2n) is 9.07. The SMILES string of the molecule is Cc1cccc(C)c1-n1nc2c(c1-c1cc(F)c(NC(=O)CO)cc1F)CN(c1ncc(Cl)cc1Cl)CC2. The van der Waals surface area contributed by atoms with Gasteiger partial charge in [-0.3, -0.25) is 4.79 Å². The molecule has 196 valence electrons. The van der Waals surface area contributed by atoms with E-state index in [1.54, 1.807) is 10.7 Å². The van der Waals surface area contributed by atoms with Crippen LogP contribution in [0.2, 0.25) is 10.0 Å². The summed E-state index contributed by atoms with van der Waals surface area (Å²) in [6.45, 7) is 3.87. The van der Waals surface area contributed by atoms with Crippen LogP contribution in [0, 0.1) is 25.5 Å². The fourth-order valence-electron chi connectivity index (χ4n) is 4.79. The molecule has 1 aliphatic heterocycles. The minimum atomic E-state index is -0.854. The number of fused-ring (bicyclic) bond motifs is 1. The second-order valence-corrected chi connectivity index (χ2v) is 9.92. The van der Waals surface area contributed by atoms with Gasteiger partial charge in [-0.2, -0.15) is 5.10 Å². The van der Waals surface area contributed by atoms with E-state index in [4.69, 9.17) is 33.4 Å². The van der Waals surface area contributed by atoms with Gasteiger partial charge in [0.25, 0.3) is 0 Å². The number of rotatable bonds is 5. The van der Waals surface area contributed by atoms with Crippen molar-refractivity contribution in [1.82, 2.24) is 14.8 Å². The molecule has 0 saturated carbocycles. The highest BCUT2D eigenvalue weighted by atomic mass is 35.5. The Bertz CT molecular complexity index is 1550. The molecular formula is C27H23Cl2F2N5O2. The van der Waals surface area contributed by atoms with E-state index in [2.05, 4.69) is 10.3 Å². The minimum Gasteiger partial charge on any atom is -0.387 e. The number of aliphatic hydroxyl groups is 1. The molecule has 3 heterocycles. The van der Waals surface area contributed by atoms with Crippen LogP contribution in [-0.2, 0) is 17.8 Å². The lowest BCUT2D eigenvalue weighted by molar-refractivity contribution is -0.118. The molecule has 0 aliphatic carbocycles. The normalized spacial score (nSPS) is 13.0. The number of pyridine rings is 1. The van der Waals surface area contributed by atoms with Crippen molar-refractivity contribution in [2.24, 2.45) is 0 Å². The molecule has 0 spiro atoms. The number of amides is 1. The number of carbonyl (C=O) groups is 1. The van der Waals surface area contributed by atoms with E-state index in [1.165, 1.54) is 6.20 Å². The highest BCUT2D eigenvalue weighted by Gasteiger charge is 2.30. The zero-order valence-corrected chi connectivity index (χ0v) is 22.0. The number of anilines is 2. The standard InChI is InChI=1S/C27H23Cl2F2N5O2/c1-14-4-3-5-15(2)25(14)36-26(17-9-21(31)23(10-20(17)30)33-24(38)13-37)18-12-35(7-6-22(18)34-36)27-19(29)8-16(28)11-32-27/h3-5,8-11,37H,6-7,12-13H2,1-2H3,(H,33,38). The molecule has 0 unspecified atom stereocenters. The maximum Gasteiger partial charge on any atom is 0.250 e. The predicted molar refractivity (Wildman–Crippen MR) is 143 cm³/mol. The summed E-state index contributed by atoms with van der Waals surface area (Å²) in [6, 6.07) is 9.34. The summed E-state index contributed by atoms with van der Waals surface area (Å²) >= 11 is 12.5. The molecule has 2 aromatic carbocycles. The third-order valence-electron chi connectivity index (χ3n) is 6.50. The highest BCUT2D eigenvalue weighted by molar-refractivity contribution is 6.36. The van der Waals surface area contributed by atoms with E-state index >= 15 is 8.78 Å². The smallest absolute Gasteiger partial charge is 0.250 e. The van der Waals surface area contributed by atoms with Crippen LogP contribution in [0.3, 0.4) is 0 Å². The van der Waals surface area contributed by atoms with Crippen molar-refractivity contribution in [3.63, 3.8) is 0 Å². The van der Waals surface area contributed by atoms with Crippen molar-refractivity contribution in [3.05, 3.63) is 86.7 Å². The Morgan fingerprint density at radius 1 is 1.13 bits per heavy atom. The molecule has 0 bridgehead atoms. The molecule has 11 heteroatoms. The number of aliphatic hydroxyl groups excluding tert-OH is 1. The number of nitrogens with zero attached hydrogens (tertiary/aromatic N) is 4. The van der Waals surface area contributed by atoms with Crippen LogP contribution in [0.4, 0.5) is 20.3 Å². The summed E-state index contributed by atoms with van der Waals surface area (Å²) in [6.07, 6.45) is 2.03. The molecule has 5 rings (SSSR count). The Morgan fingerprint density at radius 3 is 2.55 bits per heavy atom. The number of aromatic nitrogens is 3. The molecule has 0 atom stereocenters. The minimum absolute atomic E-state index is 0.0158. The van der Waals surface area contributed by atoms with Crippen molar-refractivity contribution in [3.8, 4) is 16.9 Å². The molecule has 2 aromatic heterocycles. The number of carbonyl (C=O) groups excluding carboxylic acids is 1. The number of para-hydroxylation sites is 1. The largest absolute Gasteiger partial charge is 0.387 e. The Balaban J connectivity index is 1.70. The third-order valence-corrected chi connectivity index (χ3v) is 6.99. The second kappa shape index (κ2) is 10.3. The molecule has 7 nitrogen and oxygen atoms in total. The van der Waals surface area contributed by atoms with E-state index in [0.29, 0.717) is 46.6 Å². The van der Waals surface area contributed by atoms with Gasteiger partial charge in [-0.1, -0.05) is 41.4 Å². The van der Waals surface area contributed by atoms with Gasteiger partial charge in [0.2, 0.25) is 5.91 Å². The Hall–Kier alpha value is -3.53. The van der Waals surface area contributed by atoms with Gasteiger partial charge in [-0.25, -0.2) is 18.4 Å². The summed E-state index contributed by atoms with van der Waals surface area (Å²) in [4.78, 5) is 17.9. The lowest BCUT2D eigenvalue weighted by atomic mass is 9.99. The lowest BCUT2D eigenvalue weighted by Crippen LogP contribution is -2.31. The van der Waals surface area contributed by atoms with Crippen molar-refractivity contribution in [1.29, 1.82) is 0 Å². The molecule has 2 N–H and O–H groups in total. The Kier molecular flexibility index (Phi) is 7.09. The number of benzene rings is 2. The monoisotopic (exact) mass is 557 g/mol. The van der Waals surface area contributed by atoms with Gasteiger partial charge in [-0.15, -0.1) is 0 Å². The van der Waals surface area contributed by atoms with Crippen molar-refractivity contribution >= 4 is 40.6 Å². The van der Waals surface area contributed by atoms with Gasteiger partial charge in [0.15, 0.2) is 0 Å². The summed E-state index contributed by atoms with van der Waals surface area (Å²) < 4.78 is 32.5. The van der Waals surface area contributed by atoms with Crippen LogP contribution < -0.4 is 10.2 Å². The molecule has 0 radical (unpaired) electrons.